The Morgan fingerprint density at radius 2 is 1.64 bits per heavy atom. The fraction of sp³-hybridized carbons (Fsp3) is 0.250. The summed E-state index contributed by atoms with van der Waals surface area (Å²) in [5.74, 6) is -2.17. The first-order valence-electron chi connectivity index (χ1n) is 6.76. The topological polar surface area (TPSA) is 98.1 Å². The van der Waals surface area contributed by atoms with Gasteiger partial charge in [0.2, 0.25) is 0 Å². The molecule has 1 aromatic rings. The second-order valence-corrected chi connectivity index (χ2v) is 4.67. The van der Waals surface area contributed by atoms with E-state index >= 15 is 0 Å². The minimum absolute atomic E-state index is 0.340. The highest BCUT2D eigenvalue weighted by Crippen LogP contribution is 2.13. The number of phenolic OH excluding ortho intramolecular Hbond substituents is 1. The van der Waals surface area contributed by atoms with Crippen molar-refractivity contribution in [2.45, 2.75) is 13.0 Å². The van der Waals surface area contributed by atoms with Crippen LogP contribution in [0.5, 0.6) is 5.75 Å². The smallest absolute Gasteiger partial charge is 0.328 e. The zero-order chi connectivity index (χ0) is 16.4. The van der Waals surface area contributed by atoms with Crippen LogP contribution in [-0.2, 0) is 16.1 Å². The van der Waals surface area contributed by atoms with Crippen LogP contribution in [0.2, 0.25) is 0 Å². The largest absolute Gasteiger partial charge is 0.508 e. The summed E-state index contributed by atoms with van der Waals surface area (Å²) < 4.78 is 0. The van der Waals surface area contributed by atoms with E-state index in [0.717, 1.165) is 26.1 Å². The molecule has 6 heteroatoms. The number of nitrogens with zero attached hydrogens (tertiary/aromatic N) is 1. The average molecular weight is 305 g/mol. The molecule has 0 unspecified atom stereocenters. The predicted molar refractivity (Wildman–Crippen MR) is 81.6 cm³/mol. The fourth-order valence-electron chi connectivity index (χ4n) is 1.84. The van der Waals surface area contributed by atoms with E-state index in [0.29, 0.717) is 17.9 Å². The molecule has 0 saturated heterocycles. The summed E-state index contributed by atoms with van der Waals surface area (Å²) in [4.78, 5) is 21.5. The van der Waals surface area contributed by atoms with Gasteiger partial charge in [-0.25, -0.2) is 9.59 Å². The summed E-state index contributed by atoms with van der Waals surface area (Å²) in [6.07, 6.45) is 6.71. The number of aromatic hydroxyl groups is 1. The van der Waals surface area contributed by atoms with Crippen molar-refractivity contribution in [3.8, 4) is 5.75 Å². The van der Waals surface area contributed by atoms with Crippen LogP contribution in [0.1, 0.15) is 12.0 Å². The molecule has 3 N–H and O–H groups in total. The number of hydrogen-bond donors (Lipinski definition) is 3. The molecule has 1 heterocycles. The molecule has 22 heavy (non-hydrogen) atoms. The van der Waals surface area contributed by atoms with Crippen molar-refractivity contribution in [2.75, 3.05) is 13.1 Å². The summed E-state index contributed by atoms with van der Waals surface area (Å²) >= 11 is 0. The van der Waals surface area contributed by atoms with Crippen LogP contribution in [0.25, 0.3) is 0 Å². The normalized spacial score (nSPS) is 14.4. The highest BCUT2D eigenvalue weighted by molar-refractivity contribution is 5.89. The first-order chi connectivity index (χ1) is 10.5. The van der Waals surface area contributed by atoms with Crippen molar-refractivity contribution >= 4 is 11.9 Å². The molecule has 0 atom stereocenters. The number of carbonyl (C=O) groups is 2. The summed E-state index contributed by atoms with van der Waals surface area (Å²) in [7, 11) is 0. The first-order valence-corrected chi connectivity index (χ1v) is 6.76. The highest BCUT2D eigenvalue weighted by Gasteiger charge is 2.06. The summed E-state index contributed by atoms with van der Waals surface area (Å²) in [6, 6.07) is 7.45. The maximum atomic E-state index is 9.55. The molecular formula is C16H19NO5. The Morgan fingerprint density at radius 1 is 1.05 bits per heavy atom. The third-order valence-corrected chi connectivity index (χ3v) is 2.85. The number of phenols is 1. The molecule has 0 amide bonds. The summed E-state index contributed by atoms with van der Waals surface area (Å²) in [5.41, 5.74) is 1.26. The first kappa shape index (κ1) is 17.5. The van der Waals surface area contributed by atoms with Gasteiger partial charge in [0.05, 0.1) is 0 Å². The molecule has 0 aromatic heterocycles. The van der Waals surface area contributed by atoms with Gasteiger partial charge in [0.1, 0.15) is 5.75 Å². The van der Waals surface area contributed by atoms with Crippen LogP contribution in [0.4, 0.5) is 0 Å². The molecule has 0 saturated carbocycles. The van der Waals surface area contributed by atoms with Gasteiger partial charge in [0.25, 0.3) is 0 Å². The zero-order valence-electron chi connectivity index (χ0n) is 12.1. The van der Waals surface area contributed by atoms with Gasteiger partial charge in [-0.05, 0) is 24.1 Å². The minimum Gasteiger partial charge on any atom is -0.508 e. The lowest BCUT2D eigenvalue weighted by Gasteiger charge is -2.22. The van der Waals surface area contributed by atoms with E-state index in [1.807, 2.05) is 12.1 Å². The molecule has 1 aliphatic heterocycles. The average Bonchev–Trinajstić information content (AvgIpc) is 2.49. The van der Waals surface area contributed by atoms with Crippen molar-refractivity contribution < 1.29 is 24.9 Å². The molecule has 2 rings (SSSR count). The number of aliphatic carboxylic acids is 2. The summed E-state index contributed by atoms with van der Waals surface area (Å²) in [6.45, 7) is 3.16. The van der Waals surface area contributed by atoms with Crippen LogP contribution in [-0.4, -0.2) is 45.2 Å². The molecule has 1 aromatic carbocycles. The Labute approximate surface area is 128 Å². The molecule has 0 fully saturated rings. The SMILES string of the molecule is O=C(O)/C=C/C(=O)O.Oc1ccc(CN2CC=CCC2)cc1. The molecule has 1 aliphatic rings. The molecular weight excluding hydrogens is 286 g/mol. The van der Waals surface area contributed by atoms with Crippen molar-refractivity contribution in [3.05, 3.63) is 54.1 Å². The third-order valence-electron chi connectivity index (χ3n) is 2.85. The van der Waals surface area contributed by atoms with Crippen LogP contribution >= 0.6 is 0 Å². The lowest BCUT2D eigenvalue weighted by Crippen LogP contribution is -2.26. The van der Waals surface area contributed by atoms with Gasteiger partial charge in [-0.1, -0.05) is 24.3 Å². The Hall–Kier alpha value is -2.60. The quantitative estimate of drug-likeness (QED) is 0.580. The summed E-state index contributed by atoms with van der Waals surface area (Å²) in [5, 5.41) is 24.8. The van der Waals surface area contributed by atoms with E-state index in [2.05, 4.69) is 17.1 Å². The van der Waals surface area contributed by atoms with Crippen molar-refractivity contribution in [2.24, 2.45) is 0 Å². The van der Waals surface area contributed by atoms with E-state index < -0.39 is 11.9 Å². The lowest BCUT2D eigenvalue weighted by atomic mass is 10.2. The van der Waals surface area contributed by atoms with Gasteiger partial charge in [-0.2, -0.15) is 0 Å². The van der Waals surface area contributed by atoms with Crippen molar-refractivity contribution in [3.63, 3.8) is 0 Å². The monoisotopic (exact) mass is 305 g/mol. The van der Waals surface area contributed by atoms with Crippen LogP contribution in [0.15, 0.2) is 48.6 Å². The third kappa shape index (κ3) is 7.86. The number of rotatable bonds is 4. The minimum atomic E-state index is -1.26. The van der Waals surface area contributed by atoms with Gasteiger partial charge in [-0.3, -0.25) is 4.90 Å². The lowest BCUT2D eigenvalue weighted by molar-refractivity contribution is -0.134. The Balaban J connectivity index is 0.000000261. The number of benzene rings is 1. The Kier molecular flexibility index (Phi) is 7.42. The standard InChI is InChI=1S/C12H15NO.C4H4O4/c14-12-6-4-11(5-7-12)10-13-8-2-1-3-9-13;5-3(6)1-2-4(7)8/h1-2,4-7,14H,3,8-10H2;1-2H,(H,5,6)(H,7,8)/b;2-1+. The van der Waals surface area contributed by atoms with Crippen LogP contribution < -0.4 is 0 Å². The molecule has 0 spiro atoms. The molecule has 6 nitrogen and oxygen atoms in total. The van der Waals surface area contributed by atoms with Crippen molar-refractivity contribution in [1.29, 1.82) is 0 Å². The fourth-order valence-corrected chi connectivity index (χ4v) is 1.84. The van der Waals surface area contributed by atoms with Gasteiger partial charge < -0.3 is 15.3 Å². The maximum Gasteiger partial charge on any atom is 0.328 e. The van der Waals surface area contributed by atoms with E-state index in [-0.39, 0.29) is 0 Å². The van der Waals surface area contributed by atoms with E-state index in [1.165, 1.54) is 5.56 Å². The van der Waals surface area contributed by atoms with Crippen LogP contribution in [0.3, 0.4) is 0 Å². The van der Waals surface area contributed by atoms with Crippen LogP contribution in [0, 0.1) is 0 Å². The van der Waals surface area contributed by atoms with E-state index in [1.54, 1.807) is 12.1 Å². The maximum absolute atomic E-state index is 9.55. The zero-order valence-corrected chi connectivity index (χ0v) is 12.1. The van der Waals surface area contributed by atoms with Gasteiger partial charge in [0.15, 0.2) is 0 Å². The van der Waals surface area contributed by atoms with E-state index in [9.17, 15) is 9.59 Å². The van der Waals surface area contributed by atoms with Gasteiger partial charge in [0, 0.05) is 31.8 Å². The number of carboxylic acids is 2. The second kappa shape index (κ2) is 9.36. The Bertz CT molecular complexity index is 532. The van der Waals surface area contributed by atoms with Gasteiger partial charge >= 0.3 is 11.9 Å². The predicted octanol–water partition coefficient (Wildman–Crippen LogP) is 1.87. The molecule has 0 bridgehead atoms. The number of carboxylic acid groups (broad SMARTS) is 2. The molecule has 0 radical (unpaired) electrons. The van der Waals surface area contributed by atoms with Gasteiger partial charge in [-0.15, -0.1) is 0 Å². The second-order valence-electron chi connectivity index (χ2n) is 4.67. The Morgan fingerprint density at radius 3 is 2.09 bits per heavy atom. The molecule has 118 valence electrons. The highest BCUT2D eigenvalue weighted by atomic mass is 16.4. The van der Waals surface area contributed by atoms with E-state index in [4.69, 9.17) is 15.3 Å². The molecule has 0 aliphatic carbocycles. The number of hydrogen-bond acceptors (Lipinski definition) is 4. The van der Waals surface area contributed by atoms with Crippen molar-refractivity contribution in [1.82, 2.24) is 4.90 Å².